The van der Waals surface area contributed by atoms with Crippen LogP contribution >= 0.6 is 0 Å². The molecule has 2 amide bonds. The van der Waals surface area contributed by atoms with Gasteiger partial charge in [0, 0.05) is 16.9 Å². The van der Waals surface area contributed by atoms with Gasteiger partial charge in [0.15, 0.2) is 6.54 Å². The number of rotatable bonds is 8. The number of aliphatic hydroxyl groups is 1. The molecular weight excluding hydrogens is 610 g/mol. The highest BCUT2D eigenvalue weighted by atomic mass is 35.5. The number of sulfonamides is 1. The van der Waals surface area contributed by atoms with Gasteiger partial charge in [0.1, 0.15) is 45.8 Å². The molecule has 0 unspecified atom stereocenters. The van der Waals surface area contributed by atoms with Crippen molar-refractivity contribution in [2.24, 2.45) is 17.6 Å². The number of nitrogens with zero attached hydrogens (tertiary/aromatic N) is 4. The first kappa shape index (κ1) is 30.8. The zero-order valence-corrected chi connectivity index (χ0v) is 26.2. The first-order chi connectivity index (χ1) is 20.3. The third-order valence-electron chi connectivity index (χ3n) is 10.8. The van der Waals surface area contributed by atoms with Crippen molar-refractivity contribution in [3.63, 3.8) is 0 Å². The van der Waals surface area contributed by atoms with Gasteiger partial charge >= 0.3 is 0 Å². The van der Waals surface area contributed by atoms with Crippen molar-refractivity contribution in [3.8, 4) is 0 Å². The van der Waals surface area contributed by atoms with E-state index < -0.39 is 45.9 Å². The number of aliphatic carboxylic acids is 1. The average Bonchev–Trinajstić information content (AvgIpc) is 3.31. The summed E-state index contributed by atoms with van der Waals surface area (Å²) in [6, 6.07) is 8.67. The molecule has 0 radical (unpaired) electrons. The minimum atomic E-state index is -4.05. The molecule has 4 saturated heterocycles. The van der Waals surface area contributed by atoms with Crippen LogP contribution in [0, 0.1) is 11.8 Å². The van der Waals surface area contributed by atoms with Gasteiger partial charge in [-0.25, -0.2) is 8.42 Å². The molecule has 4 atom stereocenters. The fourth-order valence-electron chi connectivity index (χ4n) is 8.48. The molecule has 2 bridgehead atoms. The average molecular weight is 646 g/mol. The number of anilines is 1. The Morgan fingerprint density at radius 1 is 1.11 bits per heavy atom. The lowest BCUT2D eigenvalue weighted by Gasteiger charge is -2.55. The molecule has 6 heterocycles. The van der Waals surface area contributed by atoms with Crippen LogP contribution in [0.1, 0.15) is 19.4 Å². The number of piperazine rings is 3. The monoisotopic (exact) mass is 645 g/mol. The van der Waals surface area contributed by atoms with E-state index in [1.807, 2.05) is 12.1 Å². The van der Waals surface area contributed by atoms with Crippen LogP contribution in [0.3, 0.4) is 0 Å². The highest BCUT2D eigenvalue weighted by Crippen LogP contribution is 2.49. The summed E-state index contributed by atoms with van der Waals surface area (Å²) in [6.07, 6.45) is -0.963. The second-order valence-corrected chi connectivity index (χ2v) is 15.0. The molecule has 3 N–H and O–H groups in total. The van der Waals surface area contributed by atoms with Crippen molar-refractivity contribution >= 4 is 44.3 Å². The van der Waals surface area contributed by atoms with Gasteiger partial charge in [-0.15, -0.1) is 0 Å². The molecule has 0 saturated carbocycles. The van der Waals surface area contributed by atoms with Gasteiger partial charge in [-0.2, -0.15) is 0 Å². The van der Waals surface area contributed by atoms with E-state index in [1.54, 1.807) is 25.1 Å². The number of quaternary nitrogens is 2. The standard InChI is InChI=1S/C30H35N5O7S.ClH/c1-17-21(28(30(39)40)33-27(17)25(18(2)36)29(33)38)14-32-22-5-3-4-20-12-19(13-23(26(20)22)43(32,41)42)15-34-6-9-35(10-7-34,11-8-34)16-24(31)37;/h3-5,12-13,17-18,25,27,36H,6-11,14-16H2,1-2H3,(H-2,31,37,39,40);1H/t17-,18+,25+,27+,34?,35?;/m0./s1. The van der Waals surface area contributed by atoms with E-state index in [1.165, 1.54) is 11.2 Å². The number of nitrogens with two attached hydrogens (primary N) is 1. The number of aliphatic hydroxyl groups excluding tert-OH is 1. The van der Waals surface area contributed by atoms with E-state index in [0.29, 0.717) is 29.7 Å². The summed E-state index contributed by atoms with van der Waals surface area (Å²) >= 11 is 0. The van der Waals surface area contributed by atoms with E-state index in [4.69, 9.17) is 5.73 Å². The number of carboxylic acids is 1. The normalized spacial score (nSPS) is 32.0. The van der Waals surface area contributed by atoms with Gasteiger partial charge in [0.2, 0.25) is 5.91 Å². The number of hydrogen-bond donors (Lipinski definition) is 2. The fraction of sp³-hybridized carbons (Fsp3) is 0.500. The predicted molar refractivity (Wildman–Crippen MR) is 153 cm³/mol. The van der Waals surface area contributed by atoms with Crippen molar-refractivity contribution in [1.29, 1.82) is 0 Å². The van der Waals surface area contributed by atoms with Gasteiger partial charge in [-0.1, -0.05) is 19.1 Å². The van der Waals surface area contributed by atoms with Gasteiger partial charge in [-0.05, 0) is 36.1 Å². The number of fused-ring (bicyclic) bond motifs is 4. The Kier molecular flexibility index (Phi) is 7.10. The number of carbonyl (C=O) groups excluding carboxylic acids is 3. The van der Waals surface area contributed by atoms with Crippen LogP contribution in [-0.4, -0.2) is 110 Å². The lowest BCUT2D eigenvalue weighted by molar-refractivity contribution is -1.08. The Labute approximate surface area is 261 Å². The number of carbonyl (C=O) groups is 3. The maximum absolute atomic E-state index is 14.2. The molecule has 8 rings (SSSR count). The number of primary amides is 1. The SMILES string of the molecule is C[C@@H](O)[C@H]1C(=O)N2C(C(=O)[O-])=C(CN3c4cccc5cc(C[N+]67CC[N+](CC(N)=O)(CC6)CC7)cc(c45)S3(=O)=O)[C@H](C)[C@H]12.[Cl-]. The minimum absolute atomic E-state index is 0. The van der Waals surface area contributed by atoms with Crippen LogP contribution in [-0.2, 0) is 31.0 Å². The Hall–Kier alpha value is -3.23. The fourth-order valence-corrected chi connectivity index (χ4v) is 10.2. The maximum atomic E-state index is 14.2. The third kappa shape index (κ3) is 4.27. The molecule has 4 fully saturated rings. The van der Waals surface area contributed by atoms with Crippen LogP contribution in [0.15, 0.2) is 46.5 Å². The van der Waals surface area contributed by atoms with Gasteiger partial charge in [0.05, 0.1) is 46.9 Å². The quantitative estimate of drug-likeness (QED) is 0.218. The molecule has 6 aliphatic rings. The number of halogens is 1. The van der Waals surface area contributed by atoms with Gasteiger partial charge < -0.3 is 47.0 Å². The summed E-state index contributed by atoms with van der Waals surface area (Å²) < 4.78 is 31.2. The lowest BCUT2D eigenvalue weighted by Crippen LogP contribution is -3.00. The van der Waals surface area contributed by atoms with Crippen LogP contribution < -0.4 is 27.6 Å². The number of amides is 2. The second kappa shape index (κ2) is 10.1. The van der Waals surface area contributed by atoms with Gasteiger partial charge in [0.25, 0.3) is 15.9 Å². The summed E-state index contributed by atoms with van der Waals surface area (Å²) in [5.41, 5.74) is 6.92. The summed E-state index contributed by atoms with van der Waals surface area (Å²) in [7, 11) is -4.05. The molecule has 2 aromatic rings. The molecule has 0 aliphatic carbocycles. The van der Waals surface area contributed by atoms with E-state index in [0.717, 1.165) is 64.1 Å². The van der Waals surface area contributed by atoms with Crippen LogP contribution in [0.2, 0.25) is 0 Å². The Balaban J connectivity index is 0.00000343. The molecule has 14 heteroatoms. The maximum Gasteiger partial charge on any atom is 0.272 e. The Morgan fingerprint density at radius 3 is 2.34 bits per heavy atom. The molecule has 236 valence electrons. The van der Waals surface area contributed by atoms with E-state index in [2.05, 4.69) is 0 Å². The van der Waals surface area contributed by atoms with Crippen LogP contribution in [0.4, 0.5) is 5.69 Å². The Bertz CT molecular complexity index is 1730. The zero-order valence-electron chi connectivity index (χ0n) is 24.6. The Morgan fingerprint density at radius 2 is 1.75 bits per heavy atom. The highest BCUT2D eigenvalue weighted by Gasteiger charge is 2.59. The summed E-state index contributed by atoms with van der Waals surface area (Å²) in [6.45, 7) is 9.33. The molecule has 6 aliphatic heterocycles. The van der Waals surface area contributed by atoms with E-state index >= 15 is 0 Å². The third-order valence-corrected chi connectivity index (χ3v) is 12.6. The summed E-state index contributed by atoms with van der Waals surface area (Å²) in [5, 5.41) is 23.8. The number of hydrogen-bond acceptors (Lipinski definition) is 7. The molecule has 0 aromatic heterocycles. The molecule has 2 aromatic carbocycles. The predicted octanol–water partition coefficient (Wildman–Crippen LogP) is -4.14. The molecular formula is C30H36ClN5O7S. The van der Waals surface area contributed by atoms with Crippen LogP contribution in [0.5, 0.6) is 0 Å². The first-order valence-electron chi connectivity index (χ1n) is 14.8. The largest absolute Gasteiger partial charge is 1.00 e. The lowest BCUT2D eigenvalue weighted by atomic mass is 9.78. The van der Waals surface area contributed by atoms with E-state index in [-0.39, 0.29) is 35.5 Å². The smallest absolute Gasteiger partial charge is 0.272 e. The van der Waals surface area contributed by atoms with Gasteiger partial charge in [-0.3, -0.25) is 13.9 Å². The highest BCUT2D eigenvalue weighted by molar-refractivity contribution is 7.93. The number of benzene rings is 2. The summed E-state index contributed by atoms with van der Waals surface area (Å²) in [4.78, 5) is 38.1. The topological polar surface area (TPSA) is 161 Å². The second-order valence-electron chi connectivity index (χ2n) is 13.2. The van der Waals surface area contributed by atoms with Crippen molar-refractivity contribution in [2.45, 2.75) is 37.4 Å². The summed E-state index contributed by atoms with van der Waals surface area (Å²) in [5.74, 6) is -3.54. The van der Waals surface area contributed by atoms with Crippen LogP contribution in [0.25, 0.3) is 10.8 Å². The van der Waals surface area contributed by atoms with E-state index in [9.17, 15) is 33.0 Å². The van der Waals surface area contributed by atoms with Crippen molar-refractivity contribution in [3.05, 3.63) is 47.2 Å². The molecule has 12 nitrogen and oxygen atoms in total. The van der Waals surface area contributed by atoms with Crippen molar-refractivity contribution in [2.75, 3.05) is 56.7 Å². The minimum Gasteiger partial charge on any atom is -1.00 e. The number of carboxylic acid groups (broad SMARTS) is 1. The first-order valence-corrected chi connectivity index (χ1v) is 16.2. The van der Waals surface area contributed by atoms with Crippen molar-refractivity contribution < 1.29 is 54.4 Å². The molecule has 44 heavy (non-hydrogen) atoms. The molecule has 0 spiro atoms. The zero-order chi connectivity index (χ0) is 30.6. The van der Waals surface area contributed by atoms with Crippen molar-refractivity contribution in [1.82, 2.24) is 4.90 Å². The number of β-lactam (4-membered cyclic amide) rings is 1.